The van der Waals surface area contributed by atoms with Crippen LogP contribution < -0.4 is 15.4 Å². The molecule has 0 atom stereocenters. The van der Waals surface area contributed by atoms with Gasteiger partial charge in [0.15, 0.2) is 11.0 Å². The van der Waals surface area contributed by atoms with Crippen molar-refractivity contribution in [3.8, 4) is 5.75 Å². The number of amides is 1. The normalized spacial score (nSPS) is 13.9. The third kappa shape index (κ3) is 7.93. The van der Waals surface area contributed by atoms with Crippen molar-refractivity contribution < 1.29 is 19.1 Å². The van der Waals surface area contributed by atoms with E-state index in [-0.39, 0.29) is 17.6 Å². The first kappa shape index (κ1) is 25.9. The molecular formula is C24H35N5O4S. The lowest BCUT2D eigenvalue weighted by atomic mass is 9.95. The first-order valence-electron chi connectivity index (χ1n) is 12.0. The quantitative estimate of drug-likeness (QED) is 0.247. The van der Waals surface area contributed by atoms with Crippen LogP contribution in [0.15, 0.2) is 29.4 Å². The van der Waals surface area contributed by atoms with Crippen LogP contribution in [0.5, 0.6) is 5.75 Å². The van der Waals surface area contributed by atoms with Gasteiger partial charge < -0.3 is 24.7 Å². The van der Waals surface area contributed by atoms with Crippen LogP contribution in [0.1, 0.15) is 63.7 Å². The molecule has 1 aliphatic carbocycles. The molecule has 0 unspecified atom stereocenters. The highest BCUT2D eigenvalue weighted by atomic mass is 32.2. The van der Waals surface area contributed by atoms with E-state index in [1.165, 1.54) is 31.0 Å². The van der Waals surface area contributed by atoms with Gasteiger partial charge in [-0.3, -0.25) is 9.59 Å². The summed E-state index contributed by atoms with van der Waals surface area (Å²) in [7, 11) is 1.65. The minimum atomic E-state index is -0.234. The summed E-state index contributed by atoms with van der Waals surface area (Å²) in [5.41, 5.74) is 0.953. The lowest BCUT2D eigenvalue weighted by Gasteiger charge is -2.25. The van der Waals surface area contributed by atoms with Gasteiger partial charge in [-0.2, -0.15) is 0 Å². The number of carbonyl (C=O) groups excluding carboxylic acids is 2. The average Bonchev–Trinajstić information content (AvgIpc) is 3.27. The second-order valence-corrected chi connectivity index (χ2v) is 9.14. The zero-order valence-corrected chi connectivity index (χ0v) is 20.9. The van der Waals surface area contributed by atoms with Gasteiger partial charge in [-0.05, 0) is 38.3 Å². The van der Waals surface area contributed by atoms with Crippen LogP contribution in [0.2, 0.25) is 0 Å². The molecule has 1 aliphatic rings. The van der Waals surface area contributed by atoms with Crippen molar-refractivity contribution in [3.63, 3.8) is 0 Å². The summed E-state index contributed by atoms with van der Waals surface area (Å²) in [5, 5.41) is 15.9. The van der Waals surface area contributed by atoms with E-state index in [0.29, 0.717) is 38.6 Å². The van der Waals surface area contributed by atoms with E-state index in [9.17, 15) is 9.59 Å². The molecule has 0 bridgehead atoms. The molecule has 186 valence electrons. The van der Waals surface area contributed by atoms with Crippen molar-refractivity contribution in [1.29, 1.82) is 0 Å². The van der Waals surface area contributed by atoms with E-state index < -0.39 is 0 Å². The Balaban J connectivity index is 1.57. The fourth-order valence-corrected chi connectivity index (χ4v) is 4.88. The largest absolute Gasteiger partial charge is 0.497 e. The zero-order valence-electron chi connectivity index (χ0n) is 20.0. The Hall–Kier alpha value is -2.75. The van der Waals surface area contributed by atoms with Crippen molar-refractivity contribution >= 4 is 29.3 Å². The molecule has 3 rings (SSSR count). The van der Waals surface area contributed by atoms with Gasteiger partial charge in [0.25, 0.3) is 0 Å². The molecule has 1 aromatic heterocycles. The van der Waals surface area contributed by atoms with Crippen LogP contribution in [0, 0.1) is 0 Å². The lowest BCUT2D eigenvalue weighted by Crippen LogP contribution is -2.27. The lowest BCUT2D eigenvalue weighted by molar-refractivity contribution is -0.143. The van der Waals surface area contributed by atoms with Crippen LogP contribution in [-0.4, -0.2) is 52.7 Å². The van der Waals surface area contributed by atoms with Crippen molar-refractivity contribution in [2.75, 3.05) is 31.3 Å². The third-order valence-electron chi connectivity index (χ3n) is 5.71. The summed E-state index contributed by atoms with van der Waals surface area (Å²) >= 11 is 1.41. The zero-order chi connectivity index (χ0) is 24.2. The van der Waals surface area contributed by atoms with Crippen molar-refractivity contribution in [3.05, 3.63) is 30.1 Å². The van der Waals surface area contributed by atoms with E-state index in [1.807, 2.05) is 24.3 Å². The number of hydrogen-bond donors (Lipinski definition) is 2. The molecule has 2 aromatic rings. The van der Waals surface area contributed by atoms with Crippen LogP contribution in [0.4, 0.5) is 5.69 Å². The van der Waals surface area contributed by atoms with E-state index in [2.05, 4.69) is 25.4 Å². The summed E-state index contributed by atoms with van der Waals surface area (Å²) in [5.74, 6) is 1.60. The molecule has 1 aromatic carbocycles. The number of carbonyl (C=O) groups is 2. The molecule has 10 heteroatoms. The molecule has 0 spiro atoms. The predicted octanol–water partition coefficient (Wildman–Crippen LogP) is 3.96. The number of nitrogens with one attached hydrogen (secondary N) is 2. The minimum Gasteiger partial charge on any atom is -0.497 e. The second kappa shape index (κ2) is 13.8. The monoisotopic (exact) mass is 489 g/mol. The molecule has 1 amide bonds. The Labute approximate surface area is 205 Å². The molecular weight excluding hydrogens is 454 g/mol. The number of hydrogen-bond acceptors (Lipinski definition) is 8. The smallest absolute Gasteiger partial charge is 0.305 e. The standard InChI is InChI=1S/C24H35N5O4S/c1-3-33-23(31)13-8-14-25-22(30)17-34-24-28-27-21(29(24)19-10-5-4-6-11-19)16-26-18-9-7-12-20(15-18)32-2/h7,9,12,15,19,26H,3-6,8,10-11,13-14,16-17H2,1-2H3,(H,25,30). The Kier molecular flexibility index (Phi) is 10.5. The second-order valence-electron chi connectivity index (χ2n) is 8.19. The molecule has 1 heterocycles. The van der Waals surface area contributed by atoms with E-state index in [0.717, 1.165) is 35.3 Å². The van der Waals surface area contributed by atoms with Gasteiger partial charge in [0.05, 0.1) is 26.0 Å². The van der Waals surface area contributed by atoms with Crippen molar-refractivity contribution in [2.45, 2.75) is 69.6 Å². The molecule has 1 fully saturated rings. The van der Waals surface area contributed by atoms with E-state index >= 15 is 0 Å². The highest BCUT2D eigenvalue weighted by Crippen LogP contribution is 2.33. The molecule has 0 saturated heterocycles. The highest BCUT2D eigenvalue weighted by molar-refractivity contribution is 7.99. The van der Waals surface area contributed by atoms with Gasteiger partial charge in [-0.15, -0.1) is 10.2 Å². The van der Waals surface area contributed by atoms with Crippen LogP contribution >= 0.6 is 11.8 Å². The number of rotatable bonds is 13. The van der Waals surface area contributed by atoms with E-state index in [1.54, 1.807) is 14.0 Å². The van der Waals surface area contributed by atoms with Crippen LogP contribution in [0.25, 0.3) is 0 Å². The summed E-state index contributed by atoms with van der Waals surface area (Å²) < 4.78 is 12.4. The summed E-state index contributed by atoms with van der Waals surface area (Å²) in [6, 6.07) is 8.14. The number of esters is 1. The summed E-state index contributed by atoms with van der Waals surface area (Å²) in [4.78, 5) is 23.7. The summed E-state index contributed by atoms with van der Waals surface area (Å²) in [6.45, 7) is 3.14. The molecule has 0 radical (unpaired) electrons. The van der Waals surface area contributed by atoms with Gasteiger partial charge in [0, 0.05) is 30.8 Å². The topological polar surface area (TPSA) is 107 Å². The Morgan fingerprint density at radius 2 is 2.03 bits per heavy atom. The third-order valence-corrected chi connectivity index (χ3v) is 6.66. The van der Waals surface area contributed by atoms with Crippen molar-refractivity contribution in [1.82, 2.24) is 20.1 Å². The fourth-order valence-electron chi connectivity index (χ4n) is 4.02. The number of benzene rings is 1. The first-order chi connectivity index (χ1) is 16.6. The van der Waals surface area contributed by atoms with Crippen molar-refractivity contribution in [2.24, 2.45) is 0 Å². The van der Waals surface area contributed by atoms with Crippen LogP contribution in [0.3, 0.4) is 0 Å². The predicted molar refractivity (Wildman–Crippen MR) is 132 cm³/mol. The minimum absolute atomic E-state index is 0.0805. The molecule has 9 nitrogen and oxygen atoms in total. The molecule has 34 heavy (non-hydrogen) atoms. The van der Waals surface area contributed by atoms with Gasteiger partial charge in [0.1, 0.15) is 5.75 Å². The number of ether oxygens (including phenoxy) is 2. The Bertz CT molecular complexity index is 930. The highest BCUT2D eigenvalue weighted by Gasteiger charge is 2.23. The maximum Gasteiger partial charge on any atom is 0.305 e. The maximum absolute atomic E-state index is 12.3. The Morgan fingerprint density at radius 3 is 2.79 bits per heavy atom. The SMILES string of the molecule is CCOC(=O)CCCNC(=O)CSc1nnc(CNc2cccc(OC)c2)n1C1CCCCC1. The van der Waals surface area contributed by atoms with E-state index in [4.69, 9.17) is 9.47 Å². The molecule has 0 aliphatic heterocycles. The van der Waals surface area contributed by atoms with Gasteiger partial charge >= 0.3 is 5.97 Å². The van der Waals surface area contributed by atoms with Gasteiger partial charge in [-0.1, -0.05) is 37.1 Å². The Morgan fingerprint density at radius 1 is 1.21 bits per heavy atom. The van der Waals surface area contributed by atoms with Gasteiger partial charge in [0.2, 0.25) is 5.91 Å². The number of nitrogens with zero attached hydrogens (tertiary/aromatic N) is 3. The fraction of sp³-hybridized carbons (Fsp3) is 0.583. The first-order valence-corrected chi connectivity index (χ1v) is 13.0. The summed E-state index contributed by atoms with van der Waals surface area (Å²) in [6.07, 6.45) is 6.70. The number of thioether (sulfide) groups is 1. The average molecular weight is 490 g/mol. The van der Waals surface area contributed by atoms with Crippen LogP contribution in [-0.2, 0) is 20.9 Å². The van der Waals surface area contributed by atoms with Gasteiger partial charge in [-0.25, -0.2) is 0 Å². The molecule has 2 N–H and O–H groups in total. The number of methoxy groups -OCH3 is 1. The number of anilines is 1. The number of aromatic nitrogens is 3. The molecule has 1 saturated carbocycles. The maximum atomic E-state index is 12.3.